The first kappa shape index (κ1) is 12.8. The predicted molar refractivity (Wildman–Crippen MR) is 74.9 cm³/mol. The zero-order valence-corrected chi connectivity index (χ0v) is 11.4. The number of aromatic nitrogens is 2. The molecule has 1 heterocycles. The summed E-state index contributed by atoms with van der Waals surface area (Å²) in [6.07, 6.45) is 5.47. The van der Waals surface area contributed by atoms with E-state index in [-0.39, 0.29) is 11.3 Å². The van der Waals surface area contributed by atoms with Crippen LogP contribution < -0.4 is 5.32 Å². The van der Waals surface area contributed by atoms with Gasteiger partial charge in [0.15, 0.2) is 0 Å². The van der Waals surface area contributed by atoms with Gasteiger partial charge in [-0.25, -0.2) is 0 Å². The molecule has 1 aliphatic rings. The maximum absolute atomic E-state index is 12.4. The topological polar surface area (TPSA) is 68.0 Å². The molecule has 1 aromatic heterocycles. The van der Waals surface area contributed by atoms with Gasteiger partial charge < -0.3 is 9.73 Å². The minimum atomic E-state index is -0.236. The Bertz CT molecular complexity index is 601. The number of nitrogens with one attached hydrogen (secondary N) is 1. The van der Waals surface area contributed by atoms with Crippen molar-refractivity contribution in [2.45, 2.75) is 32.6 Å². The van der Waals surface area contributed by atoms with Gasteiger partial charge in [0.05, 0.1) is 0 Å². The first-order valence-corrected chi connectivity index (χ1v) is 6.85. The van der Waals surface area contributed by atoms with Crippen LogP contribution in [0.4, 0.5) is 5.69 Å². The Morgan fingerprint density at radius 2 is 2.15 bits per heavy atom. The molecule has 20 heavy (non-hydrogen) atoms. The molecule has 1 aromatic carbocycles. The van der Waals surface area contributed by atoms with Crippen molar-refractivity contribution in [3.8, 4) is 11.5 Å². The number of nitrogens with zero attached hydrogens (tertiary/aromatic N) is 2. The number of hydrogen-bond acceptors (Lipinski definition) is 4. The zero-order valence-electron chi connectivity index (χ0n) is 11.4. The highest BCUT2D eigenvalue weighted by Gasteiger charge is 2.36. The predicted octanol–water partition coefficient (Wildman–Crippen LogP) is 3.26. The summed E-state index contributed by atoms with van der Waals surface area (Å²) in [6.45, 7) is 2.04. The molecule has 0 bridgehead atoms. The van der Waals surface area contributed by atoms with Gasteiger partial charge in [-0.2, -0.15) is 0 Å². The van der Waals surface area contributed by atoms with Gasteiger partial charge in [-0.1, -0.05) is 25.8 Å². The van der Waals surface area contributed by atoms with Crippen molar-refractivity contribution in [3.63, 3.8) is 0 Å². The molecule has 5 heteroatoms. The first-order valence-electron chi connectivity index (χ1n) is 6.85. The Kier molecular flexibility index (Phi) is 3.26. The van der Waals surface area contributed by atoms with Crippen LogP contribution in [0.25, 0.3) is 11.5 Å². The summed E-state index contributed by atoms with van der Waals surface area (Å²) >= 11 is 0. The van der Waals surface area contributed by atoms with Crippen LogP contribution in [0.5, 0.6) is 0 Å². The van der Waals surface area contributed by atoms with Crippen LogP contribution in [0.2, 0.25) is 0 Å². The second-order valence-corrected chi connectivity index (χ2v) is 5.55. The van der Waals surface area contributed by atoms with E-state index in [2.05, 4.69) is 15.5 Å². The molecule has 0 saturated heterocycles. The molecule has 2 aromatic rings. The lowest BCUT2D eigenvalue weighted by Crippen LogP contribution is -2.30. The van der Waals surface area contributed by atoms with Gasteiger partial charge in [-0.05, 0) is 31.0 Å². The van der Waals surface area contributed by atoms with Crippen molar-refractivity contribution in [3.05, 3.63) is 30.7 Å². The van der Waals surface area contributed by atoms with Gasteiger partial charge in [0.25, 0.3) is 0 Å². The number of anilines is 1. The van der Waals surface area contributed by atoms with Gasteiger partial charge >= 0.3 is 0 Å². The van der Waals surface area contributed by atoms with Crippen LogP contribution in [0.15, 0.2) is 35.1 Å². The van der Waals surface area contributed by atoms with E-state index in [1.807, 2.05) is 31.2 Å². The molecule has 0 aliphatic heterocycles. The molecular formula is C15H17N3O2. The molecule has 1 aliphatic carbocycles. The van der Waals surface area contributed by atoms with Crippen molar-refractivity contribution in [2.24, 2.45) is 5.41 Å². The maximum atomic E-state index is 12.4. The average molecular weight is 271 g/mol. The third kappa shape index (κ3) is 2.43. The monoisotopic (exact) mass is 271 g/mol. The quantitative estimate of drug-likeness (QED) is 0.930. The second-order valence-electron chi connectivity index (χ2n) is 5.55. The lowest BCUT2D eigenvalue weighted by molar-refractivity contribution is -0.124. The third-order valence-corrected chi connectivity index (χ3v) is 3.98. The molecule has 1 amide bonds. The maximum Gasteiger partial charge on any atom is 0.247 e. The zero-order chi connectivity index (χ0) is 14.0. The smallest absolute Gasteiger partial charge is 0.247 e. The van der Waals surface area contributed by atoms with E-state index in [0.717, 1.165) is 36.9 Å². The Hall–Kier alpha value is -2.17. The molecule has 1 fully saturated rings. The van der Waals surface area contributed by atoms with E-state index >= 15 is 0 Å². The van der Waals surface area contributed by atoms with E-state index in [4.69, 9.17) is 4.42 Å². The van der Waals surface area contributed by atoms with Crippen LogP contribution >= 0.6 is 0 Å². The molecule has 104 valence electrons. The Balaban J connectivity index is 1.78. The number of benzene rings is 1. The number of carbonyl (C=O) groups excluding carboxylic acids is 1. The summed E-state index contributed by atoms with van der Waals surface area (Å²) in [6, 6.07) is 7.46. The van der Waals surface area contributed by atoms with Gasteiger partial charge in [0.2, 0.25) is 18.2 Å². The standard InChI is InChI=1S/C15H17N3O2/c1-15(7-2-3-8-15)14(19)17-12-6-4-5-11(9-12)13-18-16-10-20-13/h4-6,9-10H,2-3,7-8H2,1H3,(H,17,19). The Labute approximate surface area is 117 Å². The van der Waals surface area contributed by atoms with E-state index in [9.17, 15) is 4.79 Å². The Morgan fingerprint density at radius 3 is 2.85 bits per heavy atom. The summed E-state index contributed by atoms with van der Waals surface area (Å²) in [7, 11) is 0. The first-order chi connectivity index (χ1) is 9.67. The molecule has 0 unspecified atom stereocenters. The number of carbonyl (C=O) groups is 1. The number of amides is 1. The molecule has 0 radical (unpaired) electrons. The third-order valence-electron chi connectivity index (χ3n) is 3.98. The lowest BCUT2D eigenvalue weighted by Gasteiger charge is -2.22. The Morgan fingerprint density at radius 1 is 1.35 bits per heavy atom. The van der Waals surface area contributed by atoms with Crippen LogP contribution in [0.3, 0.4) is 0 Å². The van der Waals surface area contributed by atoms with Crippen LogP contribution in [-0.2, 0) is 4.79 Å². The largest absolute Gasteiger partial charge is 0.423 e. The van der Waals surface area contributed by atoms with E-state index < -0.39 is 0 Å². The fraction of sp³-hybridized carbons (Fsp3) is 0.400. The number of rotatable bonds is 3. The van der Waals surface area contributed by atoms with Crippen molar-refractivity contribution in [2.75, 3.05) is 5.32 Å². The summed E-state index contributed by atoms with van der Waals surface area (Å²) < 4.78 is 5.16. The van der Waals surface area contributed by atoms with Gasteiger partial charge in [0, 0.05) is 16.7 Å². The highest BCUT2D eigenvalue weighted by molar-refractivity contribution is 5.95. The van der Waals surface area contributed by atoms with Gasteiger partial charge in [-0.15, -0.1) is 10.2 Å². The molecule has 1 N–H and O–H groups in total. The van der Waals surface area contributed by atoms with Crippen LogP contribution in [0, 0.1) is 5.41 Å². The normalized spacial score (nSPS) is 17.1. The minimum absolute atomic E-state index is 0.0951. The fourth-order valence-corrected chi connectivity index (χ4v) is 2.69. The van der Waals surface area contributed by atoms with Crippen molar-refractivity contribution < 1.29 is 9.21 Å². The van der Waals surface area contributed by atoms with Gasteiger partial charge in [0.1, 0.15) is 0 Å². The SMILES string of the molecule is CC1(C(=O)Nc2cccc(-c3nnco3)c2)CCCC1. The lowest BCUT2D eigenvalue weighted by atomic mass is 9.88. The van der Waals surface area contributed by atoms with Crippen molar-refractivity contribution in [1.29, 1.82) is 0 Å². The molecule has 1 saturated carbocycles. The van der Waals surface area contributed by atoms with E-state index in [1.165, 1.54) is 6.39 Å². The van der Waals surface area contributed by atoms with Crippen molar-refractivity contribution in [1.82, 2.24) is 10.2 Å². The molecule has 0 atom stereocenters. The van der Waals surface area contributed by atoms with E-state index in [1.54, 1.807) is 0 Å². The molecule has 5 nitrogen and oxygen atoms in total. The second kappa shape index (κ2) is 5.07. The van der Waals surface area contributed by atoms with E-state index in [0.29, 0.717) is 5.89 Å². The summed E-state index contributed by atoms with van der Waals surface area (Å²) in [4.78, 5) is 12.4. The molecular weight excluding hydrogens is 254 g/mol. The number of hydrogen-bond donors (Lipinski definition) is 1. The summed E-state index contributed by atoms with van der Waals surface area (Å²) in [5, 5.41) is 10.5. The highest BCUT2D eigenvalue weighted by atomic mass is 16.4. The minimum Gasteiger partial charge on any atom is -0.423 e. The van der Waals surface area contributed by atoms with Crippen LogP contribution in [0.1, 0.15) is 32.6 Å². The summed E-state index contributed by atoms with van der Waals surface area (Å²) in [5.74, 6) is 0.547. The van der Waals surface area contributed by atoms with Gasteiger partial charge in [-0.3, -0.25) is 4.79 Å². The molecule has 0 spiro atoms. The summed E-state index contributed by atoms with van der Waals surface area (Å²) in [5.41, 5.74) is 1.33. The highest BCUT2D eigenvalue weighted by Crippen LogP contribution is 2.38. The van der Waals surface area contributed by atoms with Crippen molar-refractivity contribution >= 4 is 11.6 Å². The fourth-order valence-electron chi connectivity index (χ4n) is 2.69. The average Bonchev–Trinajstić information content (AvgIpc) is 3.11. The van der Waals surface area contributed by atoms with Crippen LogP contribution in [-0.4, -0.2) is 16.1 Å². The molecule has 3 rings (SSSR count).